The fraction of sp³-hybridized carbons (Fsp3) is 0.172. The summed E-state index contributed by atoms with van der Waals surface area (Å²) in [7, 11) is 1.57. The second-order valence-corrected chi connectivity index (χ2v) is 8.51. The van der Waals surface area contributed by atoms with Crippen LogP contribution in [0.15, 0.2) is 78.0 Å². The molecule has 1 atom stereocenters. The molecule has 1 unspecified atom stereocenters. The molecule has 1 aliphatic heterocycles. The largest absolute Gasteiger partial charge is 0.497 e. The van der Waals surface area contributed by atoms with Crippen LogP contribution in [0, 0.1) is 28.5 Å². The fourth-order valence-corrected chi connectivity index (χ4v) is 4.17. The Labute approximate surface area is 218 Å². The van der Waals surface area contributed by atoms with E-state index in [1.54, 1.807) is 37.4 Å². The first kappa shape index (κ1) is 25.9. The quantitative estimate of drug-likeness (QED) is 0.428. The molecule has 2 N–H and O–H groups in total. The lowest BCUT2D eigenvalue weighted by molar-refractivity contribution is -0.140. The van der Waals surface area contributed by atoms with Crippen molar-refractivity contribution in [3.8, 4) is 17.9 Å². The third-order valence-corrected chi connectivity index (χ3v) is 6.04. The zero-order valence-corrected chi connectivity index (χ0v) is 20.5. The maximum Gasteiger partial charge on any atom is 0.338 e. The van der Waals surface area contributed by atoms with Gasteiger partial charge in [-0.15, -0.1) is 0 Å². The lowest BCUT2D eigenvalue weighted by atomic mass is 9.92. The van der Waals surface area contributed by atoms with Crippen LogP contribution in [-0.2, 0) is 22.6 Å². The third-order valence-electron chi connectivity index (χ3n) is 6.04. The number of hydrogen-bond donors (Lipinski definition) is 2. The number of nitrogens with zero attached hydrogens (tertiary/aromatic N) is 2. The zero-order chi connectivity index (χ0) is 27.1. The SMILES string of the molecule is COc1cccc(CCC2=C(C(=O)OCc3ccc(F)c(C#N)c3)C(c3cccc(C#N)c3)NC(=O)N2)c1. The fourth-order valence-electron chi connectivity index (χ4n) is 4.17. The van der Waals surface area contributed by atoms with Gasteiger partial charge in [0.2, 0.25) is 0 Å². The van der Waals surface area contributed by atoms with Crippen molar-refractivity contribution < 1.29 is 23.5 Å². The zero-order valence-electron chi connectivity index (χ0n) is 20.5. The van der Waals surface area contributed by atoms with E-state index in [0.29, 0.717) is 41.0 Å². The van der Waals surface area contributed by atoms with Gasteiger partial charge in [-0.1, -0.05) is 30.3 Å². The molecule has 0 fully saturated rings. The van der Waals surface area contributed by atoms with Crippen LogP contribution in [-0.4, -0.2) is 19.1 Å². The van der Waals surface area contributed by atoms with Gasteiger partial charge in [-0.05, 0) is 65.9 Å². The van der Waals surface area contributed by atoms with E-state index in [1.165, 1.54) is 12.1 Å². The molecule has 3 aromatic rings. The van der Waals surface area contributed by atoms with Crippen LogP contribution < -0.4 is 15.4 Å². The lowest BCUT2D eigenvalue weighted by Crippen LogP contribution is -2.46. The van der Waals surface area contributed by atoms with Gasteiger partial charge in [0.05, 0.1) is 35.9 Å². The molecule has 0 bridgehead atoms. The number of esters is 1. The molecule has 4 rings (SSSR count). The Morgan fingerprint density at radius 3 is 2.58 bits per heavy atom. The van der Waals surface area contributed by atoms with Gasteiger partial charge < -0.3 is 20.1 Å². The van der Waals surface area contributed by atoms with E-state index in [1.807, 2.05) is 24.3 Å². The molecule has 8 nitrogen and oxygen atoms in total. The van der Waals surface area contributed by atoms with Crippen LogP contribution in [0.5, 0.6) is 5.75 Å². The van der Waals surface area contributed by atoms with E-state index in [0.717, 1.165) is 11.6 Å². The molecule has 3 aromatic carbocycles. The predicted molar refractivity (Wildman–Crippen MR) is 135 cm³/mol. The van der Waals surface area contributed by atoms with E-state index < -0.39 is 23.9 Å². The average Bonchev–Trinajstić information content (AvgIpc) is 2.95. The number of benzene rings is 3. The van der Waals surface area contributed by atoms with Crippen molar-refractivity contribution in [3.63, 3.8) is 0 Å². The van der Waals surface area contributed by atoms with Crippen molar-refractivity contribution in [1.82, 2.24) is 10.6 Å². The molecule has 9 heteroatoms. The van der Waals surface area contributed by atoms with Crippen molar-refractivity contribution in [1.29, 1.82) is 10.5 Å². The van der Waals surface area contributed by atoms with E-state index in [-0.39, 0.29) is 17.7 Å². The summed E-state index contributed by atoms with van der Waals surface area (Å²) in [6.07, 6.45) is 0.812. The first-order valence-corrected chi connectivity index (χ1v) is 11.7. The number of allylic oxidation sites excluding steroid dienone is 1. The van der Waals surface area contributed by atoms with Crippen molar-refractivity contribution in [3.05, 3.63) is 112 Å². The predicted octanol–water partition coefficient (Wildman–Crippen LogP) is 4.56. The van der Waals surface area contributed by atoms with Gasteiger partial charge in [0.15, 0.2) is 0 Å². The van der Waals surface area contributed by atoms with Gasteiger partial charge in [0.25, 0.3) is 0 Å². The van der Waals surface area contributed by atoms with Crippen molar-refractivity contribution in [2.24, 2.45) is 0 Å². The number of nitrogens with one attached hydrogen (secondary N) is 2. The molecule has 0 saturated carbocycles. The summed E-state index contributed by atoms with van der Waals surface area (Å²) in [5.41, 5.74) is 2.70. The van der Waals surface area contributed by atoms with Gasteiger partial charge in [0, 0.05) is 5.70 Å². The number of rotatable bonds is 8. The Hall–Kier alpha value is -5.15. The van der Waals surface area contributed by atoms with Gasteiger partial charge in [0.1, 0.15) is 24.2 Å². The van der Waals surface area contributed by atoms with Crippen LogP contribution in [0.2, 0.25) is 0 Å². The Kier molecular flexibility index (Phi) is 8.00. The number of halogens is 1. The highest BCUT2D eigenvalue weighted by atomic mass is 19.1. The van der Waals surface area contributed by atoms with Gasteiger partial charge >= 0.3 is 12.0 Å². The topological polar surface area (TPSA) is 124 Å². The van der Waals surface area contributed by atoms with E-state index >= 15 is 0 Å². The molecule has 190 valence electrons. The molecule has 0 aliphatic carbocycles. The number of ether oxygens (including phenoxy) is 2. The smallest absolute Gasteiger partial charge is 0.338 e. The Morgan fingerprint density at radius 1 is 1.00 bits per heavy atom. The number of aryl methyl sites for hydroxylation is 1. The molecule has 0 radical (unpaired) electrons. The summed E-state index contributed by atoms with van der Waals surface area (Å²) in [5.74, 6) is -0.678. The molecule has 0 saturated heterocycles. The minimum atomic E-state index is -0.868. The highest BCUT2D eigenvalue weighted by molar-refractivity contribution is 5.95. The van der Waals surface area contributed by atoms with Gasteiger partial charge in [-0.2, -0.15) is 10.5 Å². The summed E-state index contributed by atoms with van der Waals surface area (Å²) >= 11 is 0. The Balaban J connectivity index is 1.67. The maximum atomic E-state index is 13.7. The van der Waals surface area contributed by atoms with Crippen LogP contribution in [0.25, 0.3) is 0 Å². The first-order valence-electron chi connectivity index (χ1n) is 11.7. The van der Waals surface area contributed by atoms with Crippen molar-refractivity contribution in [2.75, 3.05) is 7.11 Å². The summed E-state index contributed by atoms with van der Waals surface area (Å²) in [5, 5.41) is 23.9. The molecule has 1 aliphatic rings. The van der Waals surface area contributed by atoms with Crippen molar-refractivity contribution in [2.45, 2.75) is 25.5 Å². The standard InChI is InChI=1S/C29H23FN4O4/c1-37-23-7-3-4-18(14-23)9-11-25-26(28(35)38-17-20-8-10-24(30)22(13-20)16-32)27(34-29(36)33-25)21-6-2-5-19(12-21)15-31/h2-8,10,12-14,27H,9,11,17H2,1H3,(H2,33,34,36). The van der Waals surface area contributed by atoms with Crippen LogP contribution in [0.3, 0.4) is 0 Å². The minimum absolute atomic E-state index is 0.158. The number of urea groups is 1. The van der Waals surface area contributed by atoms with Gasteiger partial charge in [-0.25, -0.2) is 14.0 Å². The minimum Gasteiger partial charge on any atom is -0.497 e. The van der Waals surface area contributed by atoms with E-state index in [4.69, 9.17) is 14.7 Å². The number of hydrogen-bond acceptors (Lipinski definition) is 6. The van der Waals surface area contributed by atoms with E-state index in [9.17, 15) is 19.2 Å². The molecular weight excluding hydrogens is 487 g/mol. The summed E-state index contributed by atoms with van der Waals surface area (Å²) in [4.78, 5) is 26.1. The van der Waals surface area contributed by atoms with Crippen LogP contribution >= 0.6 is 0 Å². The second-order valence-electron chi connectivity index (χ2n) is 8.51. The van der Waals surface area contributed by atoms with Crippen LogP contribution in [0.1, 0.15) is 40.3 Å². The molecule has 0 spiro atoms. The molecule has 1 heterocycles. The monoisotopic (exact) mass is 510 g/mol. The second kappa shape index (κ2) is 11.7. The lowest BCUT2D eigenvalue weighted by Gasteiger charge is -2.29. The highest BCUT2D eigenvalue weighted by Crippen LogP contribution is 2.30. The van der Waals surface area contributed by atoms with Crippen LogP contribution in [0.4, 0.5) is 9.18 Å². The normalized spacial score (nSPS) is 14.5. The maximum absolute atomic E-state index is 13.7. The number of carbonyl (C=O) groups is 2. The number of nitriles is 2. The number of carbonyl (C=O) groups excluding carboxylic acids is 2. The number of amides is 2. The number of methoxy groups -OCH3 is 1. The van der Waals surface area contributed by atoms with Gasteiger partial charge in [-0.3, -0.25) is 0 Å². The Morgan fingerprint density at radius 2 is 1.82 bits per heavy atom. The molecular formula is C29H23FN4O4. The van der Waals surface area contributed by atoms with Crippen molar-refractivity contribution >= 4 is 12.0 Å². The third kappa shape index (κ3) is 5.97. The average molecular weight is 511 g/mol. The highest BCUT2D eigenvalue weighted by Gasteiger charge is 2.34. The summed E-state index contributed by atoms with van der Waals surface area (Å²) in [6, 6.07) is 20.4. The summed E-state index contributed by atoms with van der Waals surface area (Å²) < 4.78 is 24.5. The molecule has 38 heavy (non-hydrogen) atoms. The Bertz CT molecular complexity index is 1500. The summed E-state index contributed by atoms with van der Waals surface area (Å²) in [6.45, 7) is -0.209. The molecule has 2 amide bonds. The molecule has 0 aromatic heterocycles. The van der Waals surface area contributed by atoms with E-state index in [2.05, 4.69) is 16.7 Å². The first-order chi connectivity index (χ1) is 18.4.